The number of nitrogens with two attached hydrogens (primary N) is 1. The van der Waals surface area contributed by atoms with Crippen LogP contribution in [0.1, 0.15) is 45.0 Å². The molecule has 1 aromatic carbocycles. The molecule has 0 atom stereocenters. The second-order valence-electron chi connectivity index (χ2n) is 6.08. The minimum absolute atomic E-state index is 0.372. The molecule has 0 bridgehead atoms. The lowest BCUT2D eigenvalue weighted by atomic mass is 10.2. The molecule has 0 fully saturated rings. The van der Waals surface area contributed by atoms with Crippen LogP contribution in [-0.4, -0.2) is 29.3 Å². The van der Waals surface area contributed by atoms with Crippen LogP contribution in [0.3, 0.4) is 0 Å². The molecule has 5 nitrogen and oxygen atoms in total. The maximum absolute atomic E-state index is 5.71. The van der Waals surface area contributed by atoms with Gasteiger partial charge >= 0.3 is 0 Å². The van der Waals surface area contributed by atoms with E-state index in [1.165, 1.54) is 0 Å². The Hall–Kier alpha value is -1.75. The van der Waals surface area contributed by atoms with Gasteiger partial charge < -0.3 is 19.8 Å². The van der Waals surface area contributed by atoms with Crippen LogP contribution in [0.5, 0.6) is 11.5 Å². The molecule has 3 rings (SSSR count). The first-order valence-electron chi connectivity index (χ1n) is 8.21. The number of unbranched alkanes of at least 4 members (excludes halogenated alkanes) is 2. The van der Waals surface area contributed by atoms with E-state index in [4.69, 9.17) is 20.2 Å². The Labute approximate surface area is 131 Å². The van der Waals surface area contributed by atoms with Gasteiger partial charge in [-0.05, 0) is 33.2 Å². The highest BCUT2D eigenvalue weighted by Gasteiger charge is 2.19. The highest BCUT2D eigenvalue weighted by atomic mass is 16.6. The quantitative estimate of drug-likeness (QED) is 0.833. The summed E-state index contributed by atoms with van der Waals surface area (Å²) >= 11 is 0. The van der Waals surface area contributed by atoms with E-state index in [0.717, 1.165) is 60.6 Å². The van der Waals surface area contributed by atoms with Crippen molar-refractivity contribution in [3.8, 4) is 11.5 Å². The molecule has 120 valence electrons. The van der Waals surface area contributed by atoms with Gasteiger partial charge in [-0.1, -0.05) is 6.42 Å². The molecule has 1 aliphatic rings. The fraction of sp³-hybridized carbons (Fsp3) is 0.588. The summed E-state index contributed by atoms with van der Waals surface area (Å²) in [5, 5.41) is 0. The molecule has 0 saturated heterocycles. The van der Waals surface area contributed by atoms with E-state index >= 15 is 0 Å². The van der Waals surface area contributed by atoms with Gasteiger partial charge in [0.2, 0.25) is 0 Å². The number of imidazole rings is 1. The average molecular weight is 303 g/mol. The lowest BCUT2D eigenvalue weighted by Crippen LogP contribution is -2.15. The van der Waals surface area contributed by atoms with E-state index in [-0.39, 0.29) is 0 Å². The number of aryl methyl sites for hydroxylation is 1. The molecule has 22 heavy (non-hydrogen) atoms. The van der Waals surface area contributed by atoms with Gasteiger partial charge in [0.1, 0.15) is 19.0 Å². The molecule has 0 radical (unpaired) electrons. The molecule has 0 spiro atoms. The van der Waals surface area contributed by atoms with Gasteiger partial charge in [-0.3, -0.25) is 0 Å². The number of nitrogens with zero attached hydrogens (tertiary/aromatic N) is 2. The van der Waals surface area contributed by atoms with Gasteiger partial charge in [0.15, 0.2) is 11.5 Å². The Morgan fingerprint density at radius 2 is 1.86 bits per heavy atom. The first-order valence-corrected chi connectivity index (χ1v) is 8.21. The fourth-order valence-electron chi connectivity index (χ4n) is 3.04. The van der Waals surface area contributed by atoms with Crippen molar-refractivity contribution in [2.24, 2.45) is 5.73 Å². The third-order valence-corrected chi connectivity index (χ3v) is 4.05. The van der Waals surface area contributed by atoms with Crippen LogP contribution in [0.15, 0.2) is 12.1 Å². The number of benzene rings is 1. The molecule has 0 unspecified atom stereocenters. The van der Waals surface area contributed by atoms with Crippen molar-refractivity contribution in [2.75, 3.05) is 19.8 Å². The highest BCUT2D eigenvalue weighted by Crippen LogP contribution is 2.35. The van der Waals surface area contributed by atoms with E-state index < -0.39 is 0 Å². The van der Waals surface area contributed by atoms with E-state index in [1.807, 2.05) is 6.07 Å². The highest BCUT2D eigenvalue weighted by molar-refractivity contribution is 5.81. The summed E-state index contributed by atoms with van der Waals surface area (Å²) < 4.78 is 13.7. The topological polar surface area (TPSA) is 62.3 Å². The molecule has 1 aromatic heterocycles. The predicted octanol–water partition coefficient (Wildman–Crippen LogP) is 3.06. The van der Waals surface area contributed by atoms with E-state index in [9.17, 15) is 0 Å². The van der Waals surface area contributed by atoms with Crippen molar-refractivity contribution in [1.82, 2.24) is 9.55 Å². The summed E-state index contributed by atoms with van der Waals surface area (Å²) in [6.45, 7) is 6.38. The third kappa shape index (κ3) is 2.90. The van der Waals surface area contributed by atoms with Crippen molar-refractivity contribution in [3.63, 3.8) is 0 Å². The zero-order valence-corrected chi connectivity index (χ0v) is 13.5. The Morgan fingerprint density at radius 1 is 1.14 bits per heavy atom. The molecule has 2 N–H and O–H groups in total. The van der Waals surface area contributed by atoms with Gasteiger partial charge in [0, 0.05) is 24.6 Å². The largest absolute Gasteiger partial charge is 0.486 e. The summed E-state index contributed by atoms with van der Waals surface area (Å²) in [4.78, 5) is 4.84. The Balaban J connectivity index is 1.95. The summed E-state index contributed by atoms with van der Waals surface area (Å²) in [6.07, 6.45) is 4.34. The number of hydrogen-bond donors (Lipinski definition) is 1. The molecular formula is C17H25N3O2. The first kappa shape index (κ1) is 15.2. The van der Waals surface area contributed by atoms with Crippen LogP contribution in [0.4, 0.5) is 0 Å². The molecule has 1 aliphatic heterocycles. The second kappa shape index (κ2) is 6.57. The van der Waals surface area contributed by atoms with Crippen molar-refractivity contribution in [1.29, 1.82) is 0 Å². The van der Waals surface area contributed by atoms with Gasteiger partial charge in [-0.15, -0.1) is 0 Å². The molecule has 0 aliphatic carbocycles. The van der Waals surface area contributed by atoms with Crippen molar-refractivity contribution in [3.05, 3.63) is 18.0 Å². The monoisotopic (exact) mass is 303 g/mol. The molecular weight excluding hydrogens is 278 g/mol. The lowest BCUT2D eigenvalue weighted by Gasteiger charge is -2.19. The smallest absolute Gasteiger partial charge is 0.163 e. The minimum atomic E-state index is 0.372. The molecule has 2 aromatic rings. The van der Waals surface area contributed by atoms with Crippen molar-refractivity contribution >= 4 is 11.0 Å². The first-order chi connectivity index (χ1) is 10.7. The van der Waals surface area contributed by atoms with Crippen molar-refractivity contribution < 1.29 is 9.47 Å². The number of aromatic nitrogens is 2. The van der Waals surface area contributed by atoms with Crippen molar-refractivity contribution in [2.45, 2.75) is 45.6 Å². The van der Waals surface area contributed by atoms with Gasteiger partial charge in [-0.2, -0.15) is 0 Å². The SMILES string of the molecule is CC(C)n1c(CCCCCN)nc2cc3c(cc21)OCCO3. The zero-order chi connectivity index (χ0) is 15.5. The molecule has 0 amide bonds. The van der Waals surface area contributed by atoms with Crippen LogP contribution in [0.2, 0.25) is 0 Å². The summed E-state index contributed by atoms with van der Waals surface area (Å²) in [5.74, 6) is 2.78. The number of ether oxygens (including phenoxy) is 2. The maximum Gasteiger partial charge on any atom is 0.163 e. The summed E-state index contributed by atoms with van der Waals surface area (Å²) in [7, 11) is 0. The Kier molecular flexibility index (Phi) is 4.52. The van der Waals surface area contributed by atoms with Crippen LogP contribution in [-0.2, 0) is 6.42 Å². The number of fused-ring (bicyclic) bond motifs is 2. The van der Waals surface area contributed by atoms with Crippen LogP contribution >= 0.6 is 0 Å². The van der Waals surface area contributed by atoms with Gasteiger partial charge in [-0.25, -0.2) is 4.98 Å². The van der Waals surface area contributed by atoms with Crippen LogP contribution in [0.25, 0.3) is 11.0 Å². The van der Waals surface area contributed by atoms with E-state index in [0.29, 0.717) is 19.3 Å². The van der Waals surface area contributed by atoms with Gasteiger partial charge in [0.25, 0.3) is 0 Å². The Morgan fingerprint density at radius 3 is 2.55 bits per heavy atom. The second-order valence-corrected chi connectivity index (χ2v) is 6.08. The third-order valence-electron chi connectivity index (χ3n) is 4.05. The van der Waals surface area contributed by atoms with Gasteiger partial charge in [0.05, 0.1) is 11.0 Å². The minimum Gasteiger partial charge on any atom is -0.486 e. The van der Waals surface area contributed by atoms with Crippen LogP contribution < -0.4 is 15.2 Å². The normalized spacial score (nSPS) is 14.0. The molecule has 5 heteroatoms. The molecule has 2 heterocycles. The zero-order valence-electron chi connectivity index (χ0n) is 13.5. The lowest BCUT2D eigenvalue weighted by molar-refractivity contribution is 0.172. The standard InChI is InChI=1S/C17H25N3O2/c1-12(2)20-14-11-16-15(21-8-9-22-16)10-13(14)19-17(20)6-4-3-5-7-18/h10-12H,3-9,18H2,1-2H3. The summed E-state index contributed by atoms with van der Waals surface area (Å²) in [6, 6.07) is 4.45. The maximum atomic E-state index is 5.71. The average Bonchev–Trinajstić information content (AvgIpc) is 2.86. The number of rotatable bonds is 6. The number of hydrogen-bond acceptors (Lipinski definition) is 4. The Bertz CT molecular complexity index is 649. The van der Waals surface area contributed by atoms with E-state index in [2.05, 4.69) is 24.5 Å². The van der Waals surface area contributed by atoms with E-state index in [1.54, 1.807) is 0 Å². The summed E-state index contributed by atoms with van der Waals surface area (Å²) in [5.41, 5.74) is 7.69. The fourth-order valence-corrected chi connectivity index (χ4v) is 3.04. The predicted molar refractivity (Wildman–Crippen MR) is 87.7 cm³/mol. The molecule has 0 saturated carbocycles. The van der Waals surface area contributed by atoms with Crippen LogP contribution in [0, 0.1) is 0 Å².